The van der Waals surface area contributed by atoms with Crippen molar-refractivity contribution in [2.45, 2.75) is 102 Å². The van der Waals surface area contributed by atoms with E-state index in [0.29, 0.717) is 24.6 Å². The van der Waals surface area contributed by atoms with Crippen molar-refractivity contribution in [3.8, 4) is 17.1 Å². The molecular weight excluding hydrogens is 546 g/mol. The number of thioether (sulfide) groups is 1. The zero-order valence-corrected chi connectivity index (χ0v) is 26.4. The number of carbonyl (C=O) groups excluding carboxylic acids is 1. The third-order valence-corrected chi connectivity index (χ3v) is 9.22. The lowest BCUT2D eigenvalue weighted by Gasteiger charge is -2.52. The highest BCUT2D eigenvalue weighted by Crippen LogP contribution is 2.49. The van der Waals surface area contributed by atoms with Gasteiger partial charge in [-0.25, -0.2) is 9.78 Å². The predicted octanol–water partition coefficient (Wildman–Crippen LogP) is 7.11. The summed E-state index contributed by atoms with van der Waals surface area (Å²) in [6, 6.07) is 12.7. The Morgan fingerprint density at radius 2 is 1.86 bits per heavy atom. The molecule has 3 aliphatic rings. The monoisotopic (exact) mass is 587 g/mol. The van der Waals surface area contributed by atoms with E-state index in [2.05, 4.69) is 67.2 Å². The molecule has 1 fully saturated rings. The van der Waals surface area contributed by atoms with Gasteiger partial charge in [0, 0.05) is 47.2 Å². The Balaban J connectivity index is 1.38. The summed E-state index contributed by atoms with van der Waals surface area (Å²) in [5.41, 5.74) is 4.01. The van der Waals surface area contributed by atoms with Gasteiger partial charge < -0.3 is 20.5 Å². The largest absolute Gasteiger partial charge is 0.444 e. The van der Waals surface area contributed by atoms with Crippen LogP contribution in [0.15, 0.2) is 47.9 Å². The SMILES string of the molecule is CC1(O)CC(NC(=O)OC(C)(C)C)(c2ccc(-c3nc4c(cc3C3CC=CS3)CNc3cc(C(C)(C)C)nn3-4)cc2)C1. The van der Waals surface area contributed by atoms with E-state index in [9.17, 15) is 9.90 Å². The first-order valence-corrected chi connectivity index (χ1v) is 15.6. The van der Waals surface area contributed by atoms with E-state index in [1.165, 1.54) is 5.56 Å². The number of aliphatic hydroxyl groups is 1. The number of ether oxygens (including phenoxy) is 1. The number of rotatable bonds is 4. The number of pyridine rings is 1. The van der Waals surface area contributed by atoms with Crippen molar-refractivity contribution >= 4 is 23.7 Å². The fraction of sp³-hybridized carbons (Fsp3) is 0.485. The second-order valence-corrected chi connectivity index (χ2v) is 15.3. The number of nitrogens with one attached hydrogen (secondary N) is 2. The van der Waals surface area contributed by atoms with Gasteiger partial charge in [0.2, 0.25) is 0 Å². The first-order chi connectivity index (χ1) is 19.6. The zero-order valence-electron chi connectivity index (χ0n) is 25.5. The summed E-state index contributed by atoms with van der Waals surface area (Å²) >= 11 is 1.83. The molecule has 2 aromatic heterocycles. The van der Waals surface area contributed by atoms with Gasteiger partial charge in [-0.1, -0.05) is 51.1 Å². The molecule has 1 aliphatic carbocycles. The topological polar surface area (TPSA) is 101 Å². The minimum atomic E-state index is -0.852. The molecule has 1 amide bonds. The van der Waals surface area contributed by atoms with Gasteiger partial charge in [-0.3, -0.25) is 0 Å². The van der Waals surface area contributed by atoms with Gasteiger partial charge in [0.15, 0.2) is 5.82 Å². The fourth-order valence-corrected chi connectivity index (χ4v) is 7.18. The van der Waals surface area contributed by atoms with Crippen LogP contribution in [0.5, 0.6) is 0 Å². The van der Waals surface area contributed by atoms with Gasteiger partial charge in [0.25, 0.3) is 0 Å². The standard InChI is InChI=1S/C33H41N5O3S/c1-30(2,3)25-16-26-34-17-21-15-23(24-9-8-14-42-24)27(35-28(21)38(26)37-25)20-10-12-22(13-11-20)33(18-32(7,40)19-33)36-29(39)41-31(4,5)6/h8,10-16,24,34,40H,9,17-19H2,1-7H3,(H,36,39). The minimum Gasteiger partial charge on any atom is -0.444 e. The third kappa shape index (κ3) is 5.44. The van der Waals surface area contributed by atoms with E-state index < -0.39 is 22.8 Å². The van der Waals surface area contributed by atoms with Crippen LogP contribution in [0.4, 0.5) is 10.6 Å². The van der Waals surface area contributed by atoms with Crippen molar-refractivity contribution in [1.29, 1.82) is 0 Å². The van der Waals surface area contributed by atoms with E-state index >= 15 is 0 Å². The van der Waals surface area contributed by atoms with Crippen LogP contribution in [0.3, 0.4) is 0 Å². The van der Waals surface area contributed by atoms with Crippen molar-refractivity contribution < 1.29 is 14.6 Å². The Hall–Kier alpha value is -3.30. The summed E-state index contributed by atoms with van der Waals surface area (Å²) in [5, 5.41) is 24.7. The average Bonchev–Trinajstić information content (AvgIpc) is 3.56. The average molecular weight is 588 g/mol. The van der Waals surface area contributed by atoms with E-state index in [-0.39, 0.29) is 5.41 Å². The molecular formula is C33H41N5O3S. The third-order valence-electron chi connectivity index (χ3n) is 8.10. The summed E-state index contributed by atoms with van der Waals surface area (Å²) in [6.45, 7) is 14.5. The number of benzene rings is 1. The van der Waals surface area contributed by atoms with Gasteiger partial charge in [-0.05, 0) is 56.7 Å². The molecule has 0 saturated heterocycles. The molecule has 0 radical (unpaired) electrons. The second-order valence-electron chi connectivity index (χ2n) is 14.2. The molecule has 8 nitrogen and oxygen atoms in total. The number of hydrogen-bond acceptors (Lipinski definition) is 7. The number of anilines is 1. The highest BCUT2D eigenvalue weighted by atomic mass is 32.2. The molecule has 3 N–H and O–H groups in total. The molecule has 1 unspecified atom stereocenters. The van der Waals surface area contributed by atoms with Crippen LogP contribution in [-0.4, -0.2) is 37.2 Å². The molecule has 0 spiro atoms. The molecule has 4 heterocycles. The Kier molecular flexibility index (Phi) is 6.77. The Bertz CT molecular complexity index is 1540. The number of amides is 1. The molecule has 1 saturated carbocycles. The molecule has 3 aromatic rings. The maximum Gasteiger partial charge on any atom is 0.408 e. The lowest BCUT2D eigenvalue weighted by atomic mass is 9.62. The van der Waals surface area contributed by atoms with Gasteiger partial charge in [0.1, 0.15) is 11.4 Å². The van der Waals surface area contributed by atoms with Gasteiger partial charge >= 0.3 is 6.09 Å². The van der Waals surface area contributed by atoms with Crippen molar-refractivity contribution in [3.63, 3.8) is 0 Å². The molecule has 222 valence electrons. The van der Waals surface area contributed by atoms with Crippen LogP contribution in [-0.2, 0) is 22.2 Å². The summed E-state index contributed by atoms with van der Waals surface area (Å²) in [6.07, 6.45) is 3.52. The molecule has 42 heavy (non-hydrogen) atoms. The fourth-order valence-electron chi connectivity index (χ4n) is 6.22. The van der Waals surface area contributed by atoms with Crippen LogP contribution in [0, 0.1) is 0 Å². The summed E-state index contributed by atoms with van der Waals surface area (Å²) in [5.74, 6) is 1.81. The molecule has 9 heteroatoms. The van der Waals surface area contributed by atoms with E-state index in [1.54, 1.807) is 6.92 Å². The quantitative estimate of drug-likeness (QED) is 0.299. The van der Waals surface area contributed by atoms with Crippen LogP contribution in [0.25, 0.3) is 17.1 Å². The first kappa shape index (κ1) is 28.8. The van der Waals surface area contributed by atoms with Gasteiger partial charge in [-0.2, -0.15) is 9.78 Å². The lowest BCUT2D eigenvalue weighted by molar-refractivity contribution is -0.0892. The zero-order chi connectivity index (χ0) is 30.1. The smallest absolute Gasteiger partial charge is 0.408 e. The van der Waals surface area contributed by atoms with Crippen molar-refractivity contribution in [3.05, 3.63) is 70.3 Å². The molecule has 2 aliphatic heterocycles. The molecule has 1 aromatic carbocycles. The lowest BCUT2D eigenvalue weighted by Crippen LogP contribution is -2.62. The highest BCUT2D eigenvalue weighted by Gasteiger charge is 2.53. The second kappa shape index (κ2) is 9.88. The predicted molar refractivity (Wildman–Crippen MR) is 168 cm³/mol. The number of fused-ring (bicyclic) bond motifs is 3. The molecule has 1 atom stereocenters. The maximum absolute atomic E-state index is 12.8. The van der Waals surface area contributed by atoms with E-state index in [0.717, 1.165) is 46.1 Å². The maximum atomic E-state index is 12.8. The van der Waals surface area contributed by atoms with Gasteiger partial charge in [0.05, 0.1) is 22.5 Å². The van der Waals surface area contributed by atoms with Crippen LogP contribution in [0.1, 0.15) is 95.4 Å². The normalized spacial score (nSPS) is 24.8. The Morgan fingerprint density at radius 1 is 1.14 bits per heavy atom. The Morgan fingerprint density at radius 3 is 2.45 bits per heavy atom. The van der Waals surface area contributed by atoms with Crippen molar-refractivity contribution in [1.82, 2.24) is 20.1 Å². The molecule has 6 rings (SSSR count). The van der Waals surface area contributed by atoms with Crippen LogP contribution in [0.2, 0.25) is 0 Å². The number of carbonyl (C=O) groups is 1. The first-order valence-electron chi connectivity index (χ1n) is 14.7. The number of nitrogens with zero attached hydrogens (tertiary/aromatic N) is 3. The van der Waals surface area contributed by atoms with E-state index in [4.69, 9.17) is 14.8 Å². The summed E-state index contributed by atoms with van der Waals surface area (Å²) in [7, 11) is 0. The van der Waals surface area contributed by atoms with Crippen molar-refractivity contribution in [2.75, 3.05) is 5.32 Å². The highest BCUT2D eigenvalue weighted by molar-refractivity contribution is 8.02. The van der Waals surface area contributed by atoms with Gasteiger partial charge in [-0.15, -0.1) is 11.8 Å². The number of hydrogen-bond donors (Lipinski definition) is 3. The van der Waals surface area contributed by atoms with Crippen LogP contribution < -0.4 is 10.6 Å². The number of alkyl carbamates (subject to hydrolysis) is 1. The number of allylic oxidation sites excluding steroid dienone is 1. The summed E-state index contributed by atoms with van der Waals surface area (Å²) in [4.78, 5) is 18.1. The Labute approximate surface area is 252 Å². The minimum absolute atomic E-state index is 0.0770. The number of aromatic nitrogens is 3. The molecule has 0 bridgehead atoms. The van der Waals surface area contributed by atoms with E-state index in [1.807, 2.05) is 49.3 Å². The summed E-state index contributed by atoms with van der Waals surface area (Å²) < 4.78 is 7.51. The van der Waals surface area contributed by atoms with Crippen molar-refractivity contribution in [2.24, 2.45) is 0 Å². The van der Waals surface area contributed by atoms with Crippen LogP contribution >= 0.6 is 11.8 Å².